The van der Waals surface area contributed by atoms with Crippen LogP contribution in [0.25, 0.3) is 0 Å². The molecule has 28 heavy (non-hydrogen) atoms. The van der Waals surface area contributed by atoms with Gasteiger partial charge in [-0.15, -0.1) is 0 Å². The van der Waals surface area contributed by atoms with Crippen LogP contribution in [0.3, 0.4) is 0 Å². The average Bonchev–Trinajstić information content (AvgIpc) is 3.25. The lowest BCUT2D eigenvalue weighted by atomic mass is 10.2. The molecule has 1 aliphatic heterocycles. The Balaban J connectivity index is 1.70. The lowest BCUT2D eigenvalue weighted by Gasteiger charge is -2.16. The Hall–Kier alpha value is -2.38. The molecule has 3 rings (SSSR count). The van der Waals surface area contributed by atoms with E-state index in [0.29, 0.717) is 36.7 Å². The number of unbranched alkanes of at least 4 members (excludes halogenated alkanes) is 1. The lowest BCUT2D eigenvalue weighted by Crippen LogP contribution is -2.27. The van der Waals surface area contributed by atoms with Gasteiger partial charge in [-0.3, -0.25) is 4.79 Å². The summed E-state index contributed by atoms with van der Waals surface area (Å²) < 4.78 is 32.4. The molecule has 1 saturated heterocycles. The molecule has 0 aliphatic carbocycles. The summed E-state index contributed by atoms with van der Waals surface area (Å²) in [5.41, 5.74) is 0.987. The summed E-state index contributed by atoms with van der Waals surface area (Å²) in [5, 5.41) is 2.84. The predicted molar refractivity (Wildman–Crippen MR) is 109 cm³/mol. The van der Waals surface area contributed by atoms with Crippen molar-refractivity contribution in [2.75, 3.05) is 25.0 Å². The highest BCUT2D eigenvalue weighted by Gasteiger charge is 2.27. The van der Waals surface area contributed by atoms with E-state index in [0.717, 1.165) is 25.7 Å². The molecule has 0 spiro atoms. The zero-order valence-corrected chi connectivity index (χ0v) is 16.9. The van der Waals surface area contributed by atoms with Gasteiger partial charge in [-0.05, 0) is 55.7 Å². The fourth-order valence-electron chi connectivity index (χ4n) is 3.07. The van der Waals surface area contributed by atoms with E-state index in [1.54, 1.807) is 18.2 Å². The van der Waals surface area contributed by atoms with Crippen LogP contribution in [0.1, 0.15) is 43.0 Å². The molecule has 1 amide bonds. The van der Waals surface area contributed by atoms with Gasteiger partial charge in [-0.25, -0.2) is 8.42 Å². The van der Waals surface area contributed by atoms with Crippen molar-refractivity contribution in [1.82, 2.24) is 4.31 Å². The van der Waals surface area contributed by atoms with Crippen LogP contribution in [0.4, 0.5) is 5.69 Å². The molecule has 2 aromatic carbocycles. The van der Waals surface area contributed by atoms with E-state index in [1.165, 1.54) is 16.4 Å². The highest BCUT2D eigenvalue weighted by atomic mass is 32.2. The summed E-state index contributed by atoms with van der Waals surface area (Å²) in [4.78, 5) is 12.8. The first-order chi connectivity index (χ1) is 13.5. The van der Waals surface area contributed by atoms with Crippen molar-refractivity contribution in [3.8, 4) is 5.75 Å². The average molecular weight is 403 g/mol. The number of ether oxygens (including phenoxy) is 1. The van der Waals surface area contributed by atoms with Crippen LogP contribution in [0.15, 0.2) is 53.4 Å². The first kappa shape index (κ1) is 20.4. The van der Waals surface area contributed by atoms with Gasteiger partial charge in [0, 0.05) is 18.7 Å². The normalized spacial score (nSPS) is 14.8. The molecule has 150 valence electrons. The molecule has 0 saturated carbocycles. The van der Waals surface area contributed by atoms with Crippen LogP contribution in [0.2, 0.25) is 0 Å². The summed E-state index contributed by atoms with van der Waals surface area (Å²) in [7, 11) is -3.48. The van der Waals surface area contributed by atoms with Gasteiger partial charge >= 0.3 is 0 Å². The Kier molecular flexibility index (Phi) is 6.70. The van der Waals surface area contributed by atoms with E-state index in [9.17, 15) is 13.2 Å². The summed E-state index contributed by atoms with van der Waals surface area (Å²) in [6, 6.07) is 13.3. The maximum atomic E-state index is 12.6. The number of sulfonamides is 1. The highest BCUT2D eigenvalue weighted by molar-refractivity contribution is 7.89. The van der Waals surface area contributed by atoms with Crippen LogP contribution in [0, 0.1) is 0 Å². The molecule has 2 aromatic rings. The number of rotatable bonds is 8. The topological polar surface area (TPSA) is 75.7 Å². The van der Waals surface area contributed by atoms with Gasteiger partial charge in [0.05, 0.1) is 17.2 Å². The number of benzene rings is 2. The van der Waals surface area contributed by atoms with Crippen molar-refractivity contribution < 1.29 is 17.9 Å². The molecule has 7 heteroatoms. The number of carbonyl (C=O) groups is 1. The first-order valence-electron chi connectivity index (χ1n) is 9.66. The van der Waals surface area contributed by atoms with Crippen molar-refractivity contribution in [3.63, 3.8) is 0 Å². The predicted octanol–water partition coefficient (Wildman–Crippen LogP) is 3.90. The number of anilines is 1. The fraction of sp³-hybridized carbons (Fsp3) is 0.381. The van der Waals surface area contributed by atoms with E-state index < -0.39 is 10.0 Å². The smallest absolute Gasteiger partial charge is 0.255 e. The third kappa shape index (κ3) is 4.72. The van der Waals surface area contributed by atoms with Crippen molar-refractivity contribution >= 4 is 21.6 Å². The molecule has 0 aromatic heterocycles. The van der Waals surface area contributed by atoms with Gasteiger partial charge < -0.3 is 10.1 Å². The number of nitrogens with one attached hydrogen (secondary N) is 1. The Morgan fingerprint density at radius 1 is 1.07 bits per heavy atom. The van der Waals surface area contributed by atoms with Crippen molar-refractivity contribution in [2.45, 2.75) is 37.5 Å². The van der Waals surface area contributed by atoms with Gasteiger partial charge in [0.15, 0.2) is 0 Å². The van der Waals surface area contributed by atoms with Crippen LogP contribution in [0.5, 0.6) is 5.75 Å². The fourth-order valence-corrected chi connectivity index (χ4v) is 4.59. The molecule has 6 nitrogen and oxygen atoms in total. The quantitative estimate of drug-likeness (QED) is 0.680. The molecule has 0 radical (unpaired) electrons. The standard InChI is InChI=1S/C21H26N2O4S/c1-2-3-16-27-20-9-5-4-8-19(20)22-21(24)17-10-12-18(13-11-17)28(25,26)23-14-6-7-15-23/h4-5,8-13H,2-3,6-7,14-16H2,1H3,(H,22,24). The van der Waals surface area contributed by atoms with Gasteiger partial charge in [0.2, 0.25) is 10.0 Å². The molecule has 0 bridgehead atoms. The third-order valence-corrected chi connectivity index (χ3v) is 6.62. The number of nitrogens with zero attached hydrogens (tertiary/aromatic N) is 1. The van der Waals surface area contributed by atoms with Crippen molar-refractivity contribution in [2.24, 2.45) is 0 Å². The molecule has 1 N–H and O–H groups in total. The first-order valence-corrected chi connectivity index (χ1v) is 11.1. The van der Waals surface area contributed by atoms with E-state index in [1.807, 2.05) is 18.2 Å². The molecule has 1 aliphatic rings. The van der Waals surface area contributed by atoms with Gasteiger partial charge in [0.1, 0.15) is 5.75 Å². The molecule has 1 heterocycles. The van der Waals surface area contributed by atoms with Crippen LogP contribution in [-0.4, -0.2) is 38.3 Å². The van der Waals surface area contributed by atoms with Crippen LogP contribution < -0.4 is 10.1 Å². The highest BCUT2D eigenvalue weighted by Crippen LogP contribution is 2.25. The summed E-state index contributed by atoms with van der Waals surface area (Å²) >= 11 is 0. The molecule has 0 atom stereocenters. The monoisotopic (exact) mass is 402 g/mol. The number of para-hydroxylation sites is 2. The summed E-state index contributed by atoms with van der Waals surface area (Å²) in [5.74, 6) is 0.314. The SMILES string of the molecule is CCCCOc1ccccc1NC(=O)c1ccc(S(=O)(=O)N2CCCC2)cc1. The molecular weight excluding hydrogens is 376 g/mol. The van der Waals surface area contributed by atoms with Gasteiger partial charge in [0.25, 0.3) is 5.91 Å². The Bertz CT molecular complexity index is 904. The van der Waals surface area contributed by atoms with E-state index in [-0.39, 0.29) is 10.8 Å². The maximum Gasteiger partial charge on any atom is 0.255 e. The Labute approximate surface area is 166 Å². The summed E-state index contributed by atoms with van der Waals surface area (Å²) in [6.45, 7) is 3.79. The minimum Gasteiger partial charge on any atom is -0.491 e. The Morgan fingerprint density at radius 2 is 1.75 bits per heavy atom. The second kappa shape index (κ2) is 9.21. The molecular formula is C21H26N2O4S. The second-order valence-corrected chi connectivity index (χ2v) is 8.73. The molecule has 0 unspecified atom stereocenters. The van der Waals surface area contributed by atoms with Crippen molar-refractivity contribution in [3.05, 3.63) is 54.1 Å². The number of hydrogen-bond acceptors (Lipinski definition) is 4. The lowest BCUT2D eigenvalue weighted by molar-refractivity contribution is 0.102. The van der Waals surface area contributed by atoms with Crippen LogP contribution in [-0.2, 0) is 10.0 Å². The van der Waals surface area contributed by atoms with Gasteiger partial charge in [-0.2, -0.15) is 4.31 Å². The third-order valence-electron chi connectivity index (χ3n) is 4.71. The number of amides is 1. The van der Waals surface area contributed by atoms with E-state index in [2.05, 4.69) is 12.2 Å². The number of hydrogen-bond donors (Lipinski definition) is 1. The van der Waals surface area contributed by atoms with Crippen LogP contribution >= 0.6 is 0 Å². The van der Waals surface area contributed by atoms with E-state index in [4.69, 9.17) is 4.74 Å². The molecule has 1 fully saturated rings. The second-order valence-electron chi connectivity index (χ2n) is 6.79. The largest absolute Gasteiger partial charge is 0.491 e. The zero-order chi connectivity index (χ0) is 20.0. The maximum absolute atomic E-state index is 12.6. The Morgan fingerprint density at radius 3 is 2.43 bits per heavy atom. The van der Waals surface area contributed by atoms with Gasteiger partial charge in [-0.1, -0.05) is 25.5 Å². The zero-order valence-electron chi connectivity index (χ0n) is 16.1. The minimum atomic E-state index is -3.48. The minimum absolute atomic E-state index is 0.217. The summed E-state index contributed by atoms with van der Waals surface area (Å²) in [6.07, 6.45) is 3.75. The van der Waals surface area contributed by atoms with Crippen molar-refractivity contribution in [1.29, 1.82) is 0 Å². The van der Waals surface area contributed by atoms with E-state index >= 15 is 0 Å². The number of carbonyl (C=O) groups excluding carboxylic acids is 1.